The van der Waals surface area contributed by atoms with Gasteiger partial charge >= 0.3 is 11.9 Å². The van der Waals surface area contributed by atoms with Crippen LogP contribution in [0.25, 0.3) is 0 Å². The predicted octanol–water partition coefficient (Wildman–Crippen LogP) is 8.57. The number of esters is 2. The molecular weight excluding hydrogens is 428 g/mol. The number of benzene rings is 1. The van der Waals surface area contributed by atoms with E-state index in [0.29, 0.717) is 25.2 Å². The second-order valence-electron chi connectivity index (χ2n) is 9.15. The number of rotatable bonds is 21. The molecule has 1 aromatic rings. The van der Waals surface area contributed by atoms with Gasteiger partial charge in [0.05, 0.1) is 6.61 Å². The van der Waals surface area contributed by atoms with Crippen LogP contribution in [-0.4, -0.2) is 18.5 Å². The van der Waals surface area contributed by atoms with E-state index in [-0.39, 0.29) is 23.4 Å². The average molecular weight is 477 g/mol. The summed E-state index contributed by atoms with van der Waals surface area (Å²) in [6, 6.07) is 5.12. The highest BCUT2D eigenvalue weighted by atomic mass is 16.6. The highest BCUT2D eigenvalue weighted by molar-refractivity contribution is 5.76. The van der Waals surface area contributed by atoms with Crippen LogP contribution < -0.4 is 14.2 Å². The van der Waals surface area contributed by atoms with E-state index in [1.807, 2.05) is 0 Å². The van der Waals surface area contributed by atoms with Crippen molar-refractivity contribution in [2.24, 2.45) is 0 Å². The summed E-state index contributed by atoms with van der Waals surface area (Å²) in [4.78, 5) is 24.8. The van der Waals surface area contributed by atoms with Gasteiger partial charge in [-0.1, -0.05) is 97.8 Å². The summed E-state index contributed by atoms with van der Waals surface area (Å²) in [7, 11) is 0. The summed E-state index contributed by atoms with van der Waals surface area (Å²) < 4.78 is 17.0. The first-order chi connectivity index (χ1) is 16.6. The highest BCUT2D eigenvalue weighted by Gasteiger charge is 2.15. The molecule has 34 heavy (non-hydrogen) atoms. The number of hydrogen-bond acceptors (Lipinski definition) is 5. The maximum absolute atomic E-state index is 12.4. The Labute approximate surface area is 207 Å². The van der Waals surface area contributed by atoms with Gasteiger partial charge in [-0.05, 0) is 31.4 Å². The lowest BCUT2D eigenvalue weighted by molar-refractivity contribution is -0.137. The second kappa shape index (κ2) is 20.3. The van der Waals surface area contributed by atoms with Gasteiger partial charge in [0.1, 0.15) is 5.75 Å². The summed E-state index contributed by atoms with van der Waals surface area (Å²) in [6.45, 7) is 7.15. The predicted molar refractivity (Wildman–Crippen MR) is 139 cm³/mol. The molecule has 1 aromatic carbocycles. The Bertz CT molecular complexity index is 670. The first kappa shape index (κ1) is 30.0. The molecule has 0 fully saturated rings. The van der Waals surface area contributed by atoms with Crippen molar-refractivity contribution in [3.63, 3.8) is 0 Å². The van der Waals surface area contributed by atoms with E-state index in [4.69, 9.17) is 14.2 Å². The van der Waals surface area contributed by atoms with Gasteiger partial charge in [-0.25, -0.2) is 0 Å². The van der Waals surface area contributed by atoms with Gasteiger partial charge in [-0.15, -0.1) is 0 Å². The number of hydrogen-bond donors (Lipinski definition) is 0. The zero-order chi connectivity index (χ0) is 24.9. The lowest BCUT2D eigenvalue weighted by Crippen LogP contribution is -2.12. The zero-order valence-electron chi connectivity index (χ0n) is 22.0. The molecule has 0 aromatic heterocycles. The minimum atomic E-state index is -0.301. The van der Waals surface area contributed by atoms with Gasteiger partial charge in [0.25, 0.3) is 0 Å². The molecule has 5 heteroatoms. The quantitative estimate of drug-likeness (QED) is 0.101. The maximum Gasteiger partial charge on any atom is 0.311 e. The molecule has 0 N–H and O–H groups in total. The Kier molecular flexibility index (Phi) is 17.9. The summed E-state index contributed by atoms with van der Waals surface area (Å²) in [5.41, 5.74) is 0. The van der Waals surface area contributed by atoms with Crippen LogP contribution in [0.2, 0.25) is 0 Å². The minimum Gasteiger partial charge on any atom is -0.493 e. The molecule has 0 saturated heterocycles. The van der Waals surface area contributed by atoms with Crippen molar-refractivity contribution in [3.05, 3.63) is 18.2 Å². The number of carbonyl (C=O) groups excluding carboxylic acids is 2. The van der Waals surface area contributed by atoms with E-state index in [0.717, 1.165) is 51.4 Å². The fourth-order valence-corrected chi connectivity index (χ4v) is 3.73. The third-order valence-corrected chi connectivity index (χ3v) is 5.85. The Morgan fingerprint density at radius 2 is 1.06 bits per heavy atom. The van der Waals surface area contributed by atoms with Crippen molar-refractivity contribution in [1.29, 1.82) is 0 Å². The van der Waals surface area contributed by atoms with E-state index in [1.165, 1.54) is 44.9 Å². The molecule has 0 bridgehead atoms. The first-order valence-corrected chi connectivity index (χ1v) is 13.8. The molecule has 0 aliphatic heterocycles. The molecule has 0 radical (unpaired) electrons. The van der Waals surface area contributed by atoms with Crippen molar-refractivity contribution in [1.82, 2.24) is 0 Å². The Morgan fingerprint density at radius 3 is 1.59 bits per heavy atom. The van der Waals surface area contributed by atoms with Crippen molar-refractivity contribution < 1.29 is 23.8 Å². The van der Waals surface area contributed by atoms with Crippen molar-refractivity contribution in [2.75, 3.05) is 6.61 Å². The molecule has 0 aliphatic rings. The molecule has 0 atom stereocenters. The van der Waals surface area contributed by atoms with E-state index in [9.17, 15) is 9.59 Å². The van der Waals surface area contributed by atoms with Crippen LogP contribution in [0.1, 0.15) is 130 Å². The van der Waals surface area contributed by atoms with Crippen LogP contribution in [-0.2, 0) is 9.59 Å². The molecule has 0 spiro atoms. The monoisotopic (exact) mass is 476 g/mol. The van der Waals surface area contributed by atoms with Crippen LogP contribution in [0.5, 0.6) is 17.2 Å². The van der Waals surface area contributed by atoms with Crippen molar-refractivity contribution in [2.45, 2.75) is 130 Å². The van der Waals surface area contributed by atoms with Gasteiger partial charge in [-0.2, -0.15) is 0 Å². The maximum atomic E-state index is 12.4. The fourth-order valence-electron chi connectivity index (χ4n) is 3.73. The normalized spacial score (nSPS) is 10.8. The van der Waals surface area contributed by atoms with Gasteiger partial charge in [0.2, 0.25) is 0 Å². The van der Waals surface area contributed by atoms with Crippen LogP contribution >= 0.6 is 0 Å². The van der Waals surface area contributed by atoms with Gasteiger partial charge in [0, 0.05) is 18.9 Å². The fraction of sp³-hybridized carbons (Fsp3) is 0.724. The SMILES string of the molecule is CCCCCCCOc1ccc(OC(=O)CCCCCCC)c(OC(=O)CCCCCCC)c1. The topological polar surface area (TPSA) is 61.8 Å². The largest absolute Gasteiger partial charge is 0.493 e. The van der Waals surface area contributed by atoms with E-state index in [2.05, 4.69) is 20.8 Å². The number of unbranched alkanes of at least 4 members (excludes halogenated alkanes) is 12. The summed E-state index contributed by atoms with van der Waals surface area (Å²) in [6.07, 6.45) is 17.2. The minimum absolute atomic E-state index is 0.265. The first-order valence-electron chi connectivity index (χ1n) is 13.8. The lowest BCUT2D eigenvalue weighted by atomic mass is 10.1. The lowest BCUT2D eigenvalue weighted by Gasteiger charge is -2.13. The second-order valence-corrected chi connectivity index (χ2v) is 9.15. The Balaban J connectivity index is 2.66. The van der Waals surface area contributed by atoms with E-state index >= 15 is 0 Å². The number of ether oxygens (including phenoxy) is 3. The molecular formula is C29H48O5. The van der Waals surface area contributed by atoms with Gasteiger partial charge in [0.15, 0.2) is 11.5 Å². The molecule has 194 valence electrons. The van der Waals surface area contributed by atoms with Crippen LogP contribution in [0, 0.1) is 0 Å². The van der Waals surface area contributed by atoms with Gasteiger partial charge in [-0.3, -0.25) is 9.59 Å². The van der Waals surface area contributed by atoms with Crippen LogP contribution in [0.4, 0.5) is 0 Å². The third kappa shape index (κ3) is 15.0. The average Bonchev–Trinajstić information content (AvgIpc) is 2.82. The van der Waals surface area contributed by atoms with Crippen LogP contribution in [0.3, 0.4) is 0 Å². The van der Waals surface area contributed by atoms with Gasteiger partial charge < -0.3 is 14.2 Å². The van der Waals surface area contributed by atoms with Crippen molar-refractivity contribution in [3.8, 4) is 17.2 Å². The molecule has 5 nitrogen and oxygen atoms in total. The number of carbonyl (C=O) groups is 2. The zero-order valence-corrected chi connectivity index (χ0v) is 22.0. The molecule has 0 amide bonds. The highest BCUT2D eigenvalue weighted by Crippen LogP contribution is 2.33. The molecule has 1 rings (SSSR count). The molecule has 0 unspecified atom stereocenters. The smallest absolute Gasteiger partial charge is 0.311 e. The standard InChI is InChI=1S/C29H48O5/c1-4-7-10-13-16-19-28(30)33-26-22-21-25(32-23-18-15-12-9-6-3)24-27(26)34-29(31)20-17-14-11-8-5-2/h21-22,24H,4-20,23H2,1-3H3. The molecule has 0 saturated carbocycles. The van der Waals surface area contributed by atoms with Crippen molar-refractivity contribution >= 4 is 11.9 Å². The third-order valence-electron chi connectivity index (χ3n) is 5.85. The molecule has 0 aliphatic carbocycles. The summed E-state index contributed by atoms with van der Waals surface area (Å²) in [5, 5.41) is 0. The molecule has 0 heterocycles. The summed E-state index contributed by atoms with van der Waals surface area (Å²) in [5.74, 6) is 0.582. The Morgan fingerprint density at radius 1 is 0.588 bits per heavy atom. The summed E-state index contributed by atoms with van der Waals surface area (Å²) >= 11 is 0. The Hall–Kier alpha value is -2.04. The van der Waals surface area contributed by atoms with Crippen LogP contribution in [0.15, 0.2) is 18.2 Å². The van der Waals surface area contributed by atoms with E-state index in [1.54, 1.807) is 18.2 Å². The van der Waals surface area contributed by atoms with E-state index < -0.39 is 0 Å².